The van der Waals surface area contributed by atoms with Crippen molar-refractivity contribution in [3.8, 4) is 11.6 Å². The van der Waals surface area contributed by atoms with Gasteiger partial charge in [0.1, 0.15) is 0 Å². The summed E-state index contributed by atoms with van der Waals surface area (Å²) in [4.78, 5) is 12.8. The van der Waals surface area contributed by atoms with E-state index in [1.807, 2.05) is 44.2 Å². The Kier molecular flexibility index (Phi) is 6.03. The third-order valence-corrected chi connectivity index (χ3v) is 5.82. The second kappa shape index (κ2) is 8.45. The van der Waals surface area contributed by atoms with Crippen molar-refractivity contribution >= 4 is 35.0 Å². The zero-order valence-corrected chi connectivity index (χ0v) is 16.4. The van der Waals surface area contributed by atoms with Crippen molar-refractivity contribution in [1.82, 2.24) is 5.27 Å². The normalized spacial score (nSPS) is 12.0. The Morgan fingerprint density at radius 1 is 1.30 bits per heavy atom. The van der Waals surface area contributed by atoms with Gasteiger partial charge < -0.3 is 14.9 Å². The van der Waals surface area contributed by atoms with E-state index in [1.54, 1.807) is 18.2 Å². The lowest BCUT2D eigenvalue weighted by Crippen LogP contribution is -2.36. The van der Waals surface area contributed by atoms with Gasteiger partial charge >= 0.3 is 0 Å². The van der Waals surface area contributed by atoms with Crippen LogP contribution in [-0.2, 0) is 4.79 Å². The molecule has 0 aliphatic rings. The second-order valence-electron chi connectivity index (χ2n) is 5.83. The molecule has 1 atom stereocenters. The van der Waals surface area contributed by atoms with Gasteiger partial charge in [-0.2, -0.15) is 0 Å². The van der Waals surface area contributed by atoms with Gasteiger partial charge in [-0.25, -0.2) is 0 Å². The predicted molar refractivity (Wildman–Crippen MR) is 102 cm³/mol. The van der Waals surface area contributed by atoms with Crippen LogP contribution >= 0.6 is 23.4 Å². The minimum atomic E-state index is -0.575. The fraction of sp³-hybridized carbons (Fsp3) is 0.211. The number of nitrogens with zero attached hydrogens (tertiary/aromatic N) is 2. The first-order valence-corrected chi connectivity index (χ1v) is 9.64. The van der Waals surface area contributed by atoms with Gasteiger partial charge in [0.2, 0.25) is 11.6 Å². The van der Waals surface area contributed by atoms with Crippen LogP contribution in [0.2, 0.25) is 5.02 Å². The molecule has 1 heterocycles. The Morgan fingerprint density at radius 3 is 2.74 bits per heavy atom. The highest BCUT2D eigenvalue weighted by Crippen LogP contribution is 2.30. The Labute approximate surface area is 166 Å². The van der Waals surface area contributed by atoms with Crippen molar-refractivity contribution in [2.45, 2.75) is 30.5 Å². The molecule has 3 rings (SSSR count). The number of nitrogens with one attached hydrogen (secondary N) is 1. The molecule has 0 fully saturated rings. The number of aromatic nitrogens is 2. The minimum Gasteiger partial charge on any atom is -0.538 e. The van der Waals surface area contributed by atoms with Gasteiger partial charge in [-0.3, -0.25) is 4.79 Å². The fourth-order valence-electron chi connectivity index (χ4n) is 2.49. The number of benzene rings is 2. The number of anilines is 1. The van der Waals surface area contributed by atoms with Gasteiger partial charge in [0.05, 0.1) is 10.5 Å². The smallest absolute Gasteiger partial charge is 0.298 e. The first-order valence-electron chi connectivity index (χ1n) is 8.38. The van der Waals surface area contributed by atoms with Crippen molar-refractivity contribution < 1.29 is 19.1 Å². The van der Waals surface area contributed by atoms with E-state index in [2.05, 4.69) is 10.6 Å². The zero-order valence-electron chi connectivity index (χ0n) is 14.8. The molecule has 0 aliphatic carbocycles. The fourth-order valence-corrected chi connectivity index (χ4v) is 3.63. The van der Waals surface area contributed by atoms with Crippen LogP contribution in [0.15, 0.2) is 58.1 Å². The molecule has 3 aromatic rings. The zero-order chi connectivity index (χ0) is 19.4. The second-order valence-corrected chi connectivity index (χ2v) is 7.43. The summed E-state index contributed by atoms with van der Waals surface area (Å²) in [6.07, 6.45) is 0.523. The third-order valence-electron chi connectivity index (χ3n) is 4.02. The highest BCUT2D eigenvalue weighted by Gasteiger charge is 2.28. The first kappa shape index (κ1) is 19.3. The molecular weight excluding hydrogens is 386 g/mol. The SMILES string of the molecule is CCC(Sc1c([O-])on[n+]1-c1ccccc1)C(=O)Nc1cccc(Cl)c1C. The number of halogens is 1. The van der Waals surface area contributed by atoms with E-state index >= 15 is 0 Å². The lowest BCUT2D eigenvalue weighted by Gasteiger charge is -2.15. The van der Waals surface area contributed by atoms with Crippen LogP contribution in [0.5, 0.6) is 5.95 Å². The number of hydrogen-bond acceptors (Lipinski definition) is 5. The van der Waals surface area contributed by atoms with Gasteiger partial charge in [0.15, 0.2) is 5.95 Å². The molecule has 2 aromatic carbocycles. The molecule has 0 saturated heterocycles. The van der Waals surface area contributed by atoms with E-state index in [-0.39, 0.29) is 10.9 Å². The summed E-state index contributed by atoms with van der Waals surface area (Å²) >= 11 is 7.24. The van der Waals surface area contributed by atoms with Gasteiger partial charge in [0.25, 0.3) is 5.03 Å². The number of thioether (sulfide) groups is 1. The van der Waals surface area contributed by atoms with Crippen molar-refractivity contribution in [3.63, 3.8) is 0 Å². The number of carbonyl (C=O) groups excluding carboxylic acids is 1. The molecule has 0 bridgehead atoms. The molecule has 1 N–H and O–H groups in total. The molecule has 1 unspecified atom stereocenters. The van der Waals surface area contributed by atoms with Gasteiger partial charge in [0, 0.05) is 22.8 Å². The lowest BCUT2D eigenvalue weighted by atomic mass is 10.2. The van der Waals surface area contributed by atoms with E-state index in [9.17, 15) is 9.90 Å². The van der Waals surface area contributed by atoms with Crippen LogP contribution in [-0.4, -0.2) is 16.4 Å². The van der Waals surface area contributed by atoms with Crippen LogP contribution in [0, 0.1) is 6.92 Å². The van der Waals surface area contributed by atoms with Crippen molar-refractivity contribution in [3.05, 3.63) is 59.1 Å². The topological polar surface area (TPSA) is 82.1 Å². The average Bonchev–Trinajstić information content (AvgIpc) is 3.04. The first-order chi connectivity index (χ1) is 13.0. The largest absolute Gasteiger partial charge is 0.538 e. The lowest BCUT2D eigenvalue weighted by molar-refractivity contribution is -0.705. The average molecular weight is 404 g/mol. The quantitative estimate of drug-likeness (QED) is 0.503. The Morgan fingerprint density at radius 2 is 2.04 bits per heavy atom. The molecule has 1 aromatic heterocycles. The molecule has 0 radical (unpaired) electrons. The maximum absolute atomic E-state index is 12.8. The van der Waals surface area contributed by atoms with Crippen LogP contribution in [0.3, 0.4) is 0 Å². The maximum atomic E-state index is 12.8. The molecular formula is C19H18ClN3O3S. The van der Waals surface area contributed by atoms with Gasteiger partial charge in [-0.1, -0.05) is 42.8 Å². The molecule has 0 saturated carbocycles. The predicted octanol–water partition coefficient (Wildman–Crippen LogP) is 3.50. The summed E-state index contributed by atoms with van der Waals surface area (Å²) < 4.78 is 6.23. The summed E-state index contributed by atoms with van der Waals surface area (Å²) in [6, 6.07) is 14.5. The summed E-state index contributed by atoms with van der Waals surface area (Å²) in [7, 11) is 0. The molecule has 140 valence electrons. The molecule has 27 heavy (non-hydrogen) atoms. The van der Waals surface area contributed by atoms with Crippen molar-refractivity contribution in [1.29, 1.82) is 0 Å². The number of para-hydroxylation sites is 1. The number of rotatable bonds is 6. The summed E-state index contributed by atoms with van der Waals surface area (Å²) in [5.41, 5.74) is 2.13. The number of amides is 1. The van der Waals surface area contributed by atoms with E-state index < -0.39 is 11.2 Å². The van der Waals surface area contributed by atoms with Gasteiger partial charge in [-0.15, -0.1) is 0 Å². The molecule has 0 aliphatic heterocycles. The van der Waals surface area contributed by atoms with E-state index in [4.69, 9.17) is 16.1 Å². The van der Waals surface area contributed by atoms with Gasteiger partial charge in [-0.05, 0) is 47.5 Å². The number of hydrogen-bond donors (Lipinski definition) is 1. The van der Waals surface area contributed by atoms with E-state index in [1.165, 1.54) is 4.68 Å². The van der Waals surface area contributed by atoms with Crippen molar-refractivity contribution in [2.24, 2.45) is 0 Å². The Hall–Kier alpha value is -2.51. The summed E-state index contributed by atoms with van der Waals surface area (Å²) in [5.74, 6) is -0.790. The molecule has 8 heteroatoms. The highest BCUT2D eigenvalue weighted by molar-refractivity contribution is 8.00. The summed E-state index contributed by atoms with van der Waals surface area (Å²) in [6.45, 7) is 3.72. The highest BCUT2D eigenvalue weighted by atomic mass is 35.5. The Bertz CT molecular complexity index is 947. The Balaban J connectivity index is 1.82. The van der Waals surface area contributed by atoms with Crippen LogP contribution < -0.4 is 15.1 Å². The monoisotopic (exact) mass is 403 g/mol. The molecule has 0 spiro atoms. The number of carbonyl (C=O) groups is 1. The molecule has 6 nitrogen and oxygen atoms in total. The minimum absolute atomic E-state index is 0.215. The maximum Gasteiger partial charge on any atom is 0.298 e. The van der Waals surface area contributed by atoms with Crippen molar-refractivity contribution in [2.75, 3.05) is 5.32 Å². The van der Waals surface area contributed by atoms with Crippen LogP contribution in [0.4, 0.5) is 5.69 Å². The standard InChI is InChI=1S/C19H18ClN3O3S/c1-3-16(17(24)21-15-11-7-10-14(20)12(15)2)27-18-19(25)26-22-23(18)13-8-5-4-6-9-13/h4-11,16H,3H2,1-2H3,(H-,21,22,24,25). The molecule has 1 amide bonds. The summed E-state index contributed by atoms with van der Waals surface area (Å²) in [5, 5.41) is 19.2. The van der Waals surface area contributed by atoms with Crippen LogP contribution in [0.25, 0.3) is 5.69 Å². The van der Waals surface area contributed by atoms with E-state index in [0.717, 1.165) is 17.3 Å². The third kappa shape index (κ3) is 4.26. The van der Waals surface area contributed by atoms with Crippen LogP contribution in [0.1, 0.15) is 18.9 Å². The van der Waals surface area contributed by atoms with E-state index in [0.29, 0.717) is 22.8 Å².